The fraction of sp³-hybridized carbons (Fsp3) is 0.667. The van der Waals surface area contributed by atoms with Crippen LogP contribution < -0.4 is 5.32 Å². The molecular weight excluding hydrogens is 220 g/mol. The number of allylic oxidation sites excluding steroid dienone is 1. The molecule has 1 atom stereocenters. The minimum atomic E-state index is -0.895. The first-order valence-electron chi connectivity index (χ1n) is 5.78. The lowest BCUT2D eigenvalue weighted by Crippen LogP contribution is -2.45. The van der Waals surface area contributed by atoms with Crippen LogP contribution in [0, 0.1) is 0 Å². The fourth-order valence-electron chi connectivity index (χ4n) is 1.46. The van der Waals surface area contributed by atoms with E-state index in [1.165, 1.54) is 4.90 Å². The van der Waals surface area contributed by atoms with E-state index in [4.69, 9.17) is 5.11 Å². The van der Waals surface area contributed by atoms with Crippen LogP contribution in [0.5, 0.6) is 0 Å². The molecule has 0 aromatic rings. The van der Waals surface area contributed by atoms with Crippen LogP contribution in [0.3, 0.4) is 0 Å². The van der Waals surface area contributed by atoms with Crippen molar-refractivity contribution >= 4 is 12.0 Å². The highest BCUT2D eigenvalue weighted by atomic mass is 16.4. The summed E-state index contributed by atoms with van der Waals surface area (Å²) in [4.78, 5) is 23.9. The van der Waals surface area contributed by atoms with Gasteiger partial charge in [-0.15, -0.1) is 0 Å². The summed E-state index contributed by atoms with van der Waals surface area (Å²) in [6, 6.07) is -0.525. The molecule has 5 nitrogen and oxygen atoms in total. The third-order valence-corrected chi connectivity index (χ3v) is 2.37. The van der Waals surface area contributed by atoms with Gasteiger partial charge in [0.15, 0.2) is 0 Å². The van der Waals surface area contributed by atoms with Gasteiger partial charge < -0.3 is 15.3 Å². The smallest absolute Gasteiger partial charge is 0.317 e. The first-order chi connectivity index (χ1) is 7.88. The topological polar surface area (TPSA) is 69.6 Å². The van der Waals surface area contributed by atoms with Gasteiger partial charge in [0.1, 0.15) is 0 Å². The van der Waals surface area contributed by atoms with Crippen molar-refractivity contribution in [3.63, 3.8) is 0 Å². The number of carbonyl (C=O) groups excluding carboxylic acids is 1. The summed E-state index contributed by atoms with van der Waals surface area (Å²) in [6.45, 7) is 8.44. The van der Waals surface area contributed by atoms with Crippen molar-refractivity contribution in [2.75, 3.05) is 13.1 Å². The molecule has 0 heterocycles. The van der Waals surface area contributed by atoms with Crippen LogP contribution in [-0.2, 0) is 4.79 Å². The normalized spacial score (nSPS) is 11.5. The largest absolute Gasteiger partial charge is 0.481 e. The number of aliphatic carboxylic acids is 1. The minimum Gasteiger partial charge on any atom is -0.481 e. The number of hydrogen-bond donors (Lipinski definition) is 2. The van der Waals surface area contributed by atoms with Gasteiger partial charge in [-0.3, -0.25) is 4.79 Å². The van der Waals surface area contributed by atoms with Crippen molar-refractivity contribution in [3.05, 3.63) is 11.6 Å². The molecule has 0 saturated heterocycles. The lowest BCUT2D eigenvalue weighted by atomic mass is 10.2. The van der Waals surface area contributed by atoms with Gasteiger partial charge in [0.2, 0.25) is 0 Å². The van der Waals surface area contributed by atoms with E-state index >= 15 is 0 Å². The Labute approximate surface area is 102 Å². The highest BCUT2D eigenvalue weighted by molar-refractivity contribution is 5.76. The monoisotopic (exact) mass is 242 g/mol. The zero-order valence-corrected chi connectivity index (χ0v) is 11.0. The molecule has 0 aromatic heterocycles. The molecule has 5 heteroatoms. The first-order valence-corrected chi connectivity index (χ1v) is 5.78. The predicted molar refractivity (Wildman–Crippen MR) is 66.9 cm³/mol. The Morgan fingerprint density at radius 2 is 2.00 bits per heavy atom. The Kier molecular flexibility index (Phi) is 7.02. The van der Waals surface area contributed by atoms with Crippen molar-refractivity contribution in [2.24, 2.45) is 0 Å². The molecule has 0 fully saturated rings. The fourth-order valence-corrected chi connectivity index (χ4v) is 1.46. The second-order valence-electron chi connectivity index (χ2n) is 4.20. The molecule has 0 spiro atoms. The van der Waals surface area contributed by atoms with E-state index in [-0.39, 0.29) is 18.5 Å². The zero-order valence-electron chi connectivity index (χ0n) is 11.0. The second kappa shape index (κ2) is 7.70. The molecule has 0 bridgehead atoms. The van der Waals surface area contributed by atoms with E-state index < -0.39 is 5.97 Å². The Morgan fingerprint density at radius 3 is 2.41 bits per heavy atom. The number of hydrogen-bond acceptors (Lipinski definition) is 2. The lowest BCUT2D eigenvalue weighted by Gasteiger charge is -2.26. The number of rotatable bonds is 6. The molecule has 0 aromatic carbocycles. The molecule has 0 aliphatic rings. The number of amides is 2. The predicted octanol–water partition coefficient (Wildman–Crippen LogP) is 1.85. The van der Waals surface area contributed by atoms with Crippen molar-refractivity contribution in [2.45, 2.75) is 40.2 Å². The van der Waals surface area contributed by atoms with Crippen LogP contribution in [0.15, 0.2) is 11.6 Å². The van der Waals surface area contributed by atoms with E-state index in [9.17, 15) is 9.59 Å². The summed E-state index contributed by atoms with van der Waals surface area (Å²) >= 11 is 0. The van der Waals surface area contributed by atoms with Gasteiger partial charge >= 0.3 is 12.0 Å². The van der Waals surface area contributed by atoms with Crippen LogP contribution in [0.4, 0.5) is 4.79 Å². The molecule has 98 valence electrons. The Hall–Kier alpha value is -1.52. The maximum atomic E-state index is 11.8. The molecule has 0 rings (SSSR count). The summed E-state index contributed by atoms with van der Waals surface area (Å²) < 4.78 is 0. The van der Waals surface area contributed by atoms with Crippen molar-refractivity contribution in [3.8, 4) is 0 Å². The van der Waals surface area contributed by atoms with Crippen LogP contribution in [0.1, 0.15) is 34.1 Å². The van der Waals surface area contributed by atoms with Crippen LogP contribution in [0.25, 0.3) is 0 Å². The number of carbonyl (C=O) groups is 2. The molecule has 17 heavy (non-hydrogen) atoms. The summed E-state index contributed by atoms with van der Waals surface area (Å²) in [5.74, 6) is -0.895. The maximum absolute atomic E-state index is 11.8. The third-order valence-electron chi connectivity index (χ3n) is 2.37. The third kappa shape index (κ3) is 6.60. The number of carboxylic acids is 1. The standard InChI is InChI=1S/C12H22N2O3/c1-5-14(10(4)8-11(15)16)12(17)13-7-6-9(2)3/h6,10H,5,7-8H2,1-4H3,(H,13,17)(H,15,16). The van der Waals surface area contributed by atoms with Gasteiger partial charge in [0, 0.05) is 19.1 Å². The molecule has 2 N–H and O–H groups in total. The van der Waals surface area contributed by atoms with E-state index in [0.29, 0.717) is 13.1 Å². The molecule has 2 amide bonds. The van der Waals surface area contributed by atoms with Crippen LogP contribution >= 0.6 is 0 Å². The van der Waals surface area contributed by atoms with Crippen molar-refractivity contribution in [1.82, 2.24) is 10.2 Å². The van der Waals surface area contributed by atoms with Gasteiger partial charge in [0.25, 0.3) is 0 Å². The highest BCUT2D eigenvalue weighted by Crippen LogP contribution is 2.04. The first kappa shape index (κ1) is 15.5. The number of carboxylic acid groups (broad SMARTS) is 1. The summed E-state index contributed by atoms with van der Waals surface area (Å²) in [5.41, 5.74) is 1.13. The van der Waals surface area contributed by atoms with Gasteiger partial charge in [-0.25, -0.2) is 4.79 Å². The number of nitrogens with zero attached hydrogens (tertiary/aromatic N) is 1. The molecular formula is C12H22N2O3. The van der Waals surface area contributed by atoms with Gasteiger partial charge in [-0.05, 0) is 27.7 Å². The summed E-state index contributed by atoms with van der Waals surface area (Å²) in [5, 5.41) is 11.4. The average Bonchev–Trinajstić information content (AvgIpc) is 2.16. The molecule has 0 saturated carbocycles. The number of nitrogens with one attached hydrogen (secondary N) is 1. The summed E-state index contributed by atoms with van der Waals surface area (Å²) in [7, 11) is 0. The van der Waals surface area contributed by atoms with Gasteiger partial charge in [-0.2, -0.15) is 0 Å². The molecule has 0 aliphatic heterocycles. The van der Waals surface area contributed by atoms with E-state index in [1.54, 1.807) is 6.92 Å². The Bertz CT molecular complexity index is 296. The van der Waals surface area contributed by atoms with Crippen molar-refractivity contribution in [1.29, 1.82) is 0 Å². The SMILES string of the molecule is CCN(C(=O)NCC=C(C)C)C(C)CC(=O)O. The van der Waals surface area contributed by atoms with Crippen molar-refractivity contribution < 1.29 is 14.7 Å². The quantitative estimate of drug-likeness (QED) is 0.698. The van der Waals surface area contributed by atoms with E-state index in [2.05, 4.69) is 5.32 Å². The Balaban J connectivity index is 4.29. The zero-order chi connectivity index (χ0) is 13.4. The van der Waals surface area contributed by atoms with Crippen LogP contribution in [0.2, 0.25) is 0 Å². The molecule has 0 radical (unpaired) electrons. The highest BCUT2D eigenvalue weighted by Gasteiger charge is 2.19. The average molecular weight is 242 g/mol. The second-order valence-corrected chi connectivity index (χ2v) is 4.20. The van der Waals surface area contributed by atoms with Gasteiger partial charge in [0.05, 0.1) is 6.42 Å². The van der Waals surface area contributed by atoms with Gasteiger partial charge in [-0.1, -0.05) is 11.6 Å². The number of urea groups is 1. The summed E-state index contributed by atoms with van der Waals surface area (Å²) in [6.07, 6.45) is 1.87. The lowest BCUT2D eigenvalue weighted by molar-refractivity contribution is -0.138. The maximum Gasteiger partial charge on any atom is 0.317 e. The van der Waals surface area contributed by atoms with E-state index in [0.717, 1.165) is 5.57 Å². The molecule has 1 unspecified atom stereocenters. The minimum absolute atomic E-state index is 0.0378. The Morgan fingerprint density at radius 1 is 1.41 bits per heavy atom. The van der Waals surface area contributed by atoms with E-state index in [1.807, 2.05) is 26.8 Å². The molecule has 0 aliphatic carbocycles. The van der Waals surface area contributed by atoms with Crippen LogP contribution in [-0.4, -0.2) is 41.1 Å².